The van der Waals surface area contributed by atoms with Gasteiger partial charge in [-0.2, -0.15) is 0 Å². The quantitative estimate of drug-likeness (QED) is 0.916. The van der Waals surface area contributed by atoms with Gasteiger partial charge in [-0.1, -0.05) is 17.7 Å². The largest absolute Gasteiger partial charge is 0.496 e. The van der Waals surface area contributed by atoms with Gasteiger partial charge in [0.2, 0.25) is 0 Å². The zero-order valence-electron chi connectivity index (χ0n) is 11.0. The van der Waals surface area contributed by atoms with Crippen molar-refractivity contribution < 1.29 is 9.84 Å². The Morgan fingerprint density at radius 3 is 2.89 bits per heavy atom. The number of aromatic nitrogens is 2. The molecule has 0 spiro atoms. The molecule has 4 nitrogen and oxygen atoms in total. The summed E-state index contributed by atoms with van der Waals surface area (Å²) in [5.74, 6) is 1.56. The van der Waals surface area contributed by atoms with E-state index in [9.17, 15) is 5.11 Å². The number of hydrogen-bond donors (Lipinski definition) is 1. The normalized spacial score (nSPS) is 12.4. The highest BCUT2D eigenvalue weighted by Gasteiger charge is 2.14. The van der Waals surface area contributed by atoms with Crippen LogP contribution in [0.1, 0.15) is 23.9 Å². The summed E-state index contributed by atoms with van der Waals surface area (Å²) < 4.78 is 7.19. The third-order valence-corrected chi connectivity index (χ3v) is 3.35. The van der Waals surface area contributed by atoms with Crippen molar-refractivity contribution in [1.82, 2.24) is 9.55 Å². The van der Waals surface area contributed by atoms with Crippen LogP contribution in [0.15, 0.2) is 30.6 Å². The lowest BCUT2D eigenvalue weighted by Gasteiger charge is -2.15. The molecule has 1 atom stereocenters. The summed E-state index contributed by atoms with van der Waals surface area (Å²) in [7, 11) is 3.51. The Morgan fingerprint density at radius 1 is 1.47 bits per heavy atom. The van der Waals surface area contributed by atoms with Crippen molar-refractivity contribution in [3.63, 3.8) is 0 Å². The lowest BCUT2D eigenvalue weighted by Crippen LogP contribution is -2.05. The van der Waals surface area contributed by atoms with Crippen molar-refractivity contribution in [3.05, 3.63) is 47.0 Å². The van der Waals surface area contributed by atoms with Crippen LogP contribution in [0.25, 0.3) is 0 Å². The molecule has 5 heteroatoms. The summed E-state index contributed by atoms with van der Waals surface area (Å²) in [6, 6.07) is 5.26. The molecule has 2 rings (SSSR count). The molecule has 1 unspecified atom stereocenters. The lowest BCUT2D eigenvalue weighted by atomic mass is 10.0. The van der Waals surface area contributed by atoms with Gasteiger partial charge in [-0.15, -0.1) is 0 Å². The van der Waals surface area contributed by atoms with E-state index in [1.165, 1.54) is 0 Å². The number of nitrogens with zero attached hydrogens (tertiary/aromatic N) is 2. The predicted octanol–water partition coefficient (Wildman–Crippen LogP) is 2.75. The minimum absolute atomic E-state index is 0.586. The molecular formula is C14H17ClN2O2. The number of aliphatic hydroxyl groups excluding tert-OH is 1. The molecule has 1 heterocycles. The molecule has 0 bridgehead atoms. The number of methoxy groups -OCH3 is 1. The first-order valence-electron chi connectivity index (χ1n) is 6.09. The maximum atomic E-state index is 10.3. The Hall–Kier alpha value is -1.52. The SMILES string of the molecule is COc1cc(Cl)ccc1C(O)CCc1nccn1C. The van der Waals surface area contributed by atoms with Crippen molar-refractivity contribution in [1.29, 1.82) is 0 Å². The van der Waals surface area contributed by atoms with E-state index in [0.29, 0.717) is 23.6 Å². The molecule has 0 fully saturated rings. The fourth-order valence-corrected chi connectivity index (χ4v) is 2.18. The molecule has 2 aromatic rings. The molecule has 102 valence electrons. The van der Waals surface area contributed by atoms with Gasteiger partial charge in [-0.3, -0.25) is 0 Å². The summed E-state index contributed by atoms with van der Waals surface area (Å²) >= 11 is 5.90. The van der Waals surface area contributed by atoms with Gasteiger partial charge in [0, 0.05) is 36.4 Å². The third kappa shape index (κ3) is 3.28. The van der Waals surface area contributed by atoms with Crippen LogP contribution in [0, 0.1) is 0 Å². The predicted molar refractivity (Wildman–Crippen MR) is 74.5 cm³/mol. The molecule has 1 N–H and O–H groups in total. The summed E-state index contributed by atoms with van der Waals surface area (Å²) in [6.07, 6.45) is 4.35. The zero-order chi connectivity index (χ0) is 13.8. The number of rotatable bonds is 5. The summed E-state index contributed by atoms with van der Waals surface area (Å²) in [5.41, 5.74) is 0.751. The minimum atomic E-state index is -0.594. The maximum absolute atomic E-state index is 10.3. The van der Waals surface area contributed by atoms with E-state index in [2.05, 4.69) is 4.98 Å². The smallest absolute Gasteiger partial charge is 0.126 e. The van der Waals surface area contributed by atoms with Gasteiger partial charge in [0.05, 0.1) is 13.2 Å². The molecule has 1 aromatic carbocycles. The molecule has 0 saturated heterocycles. The molecule has 19 heavy (non-hydrogen) atoms. The Kier molecular flexibility index (Phi) is 4.45. The van der Waals surface area contributed by atoms with Gasteiger partial charge in [0.1, 0.15) is 11.6 Å². The van der Waals surface area contributed by atoms with Gasteiger partial charge < -0.3 is 14.4 Å². The topological polar surface area (TPSA) is 47.3 Å². The third-order valence-electron chi connectivity index (χ3n) is 3.12. The van der Waals surface area contributed by atoms with E-state index in [-0.39, 0.29) is 0 Å². The van der Waals surface area contributed by atoms with Crippen molar-refractivity contribution >= 4 is 11.6 Å². The first-order valence-corrected chi connectivity index (χ1v) is 6.47. The average molecular weight is 281 g/mol. The number of aliphatic hydroxyl groups is 1. The summed E-state index contributed by atoms with van der Waals surface area (Å²) in [4.78, 5) is 4.24. The first kappa shape index (κ1) is 13.9. The van der Waals surface area contributed by atoms with Gasteiger partial charge in [0.25, 0.3) is 0 Å². The number of benzene rings is 1. The number of ether oxygens (including phenoxy) is 1. The van der Waals surface area contributed by atoms with E-state index in [4.69, 9.17) is 16.3 Å². The first-order chi connectivity index (χ1) is 9.11. The van der Waals surface area contributed by atoms with Crippen molar-refractivity contribution in [2.75, 3.05) is 7.11 Å². The van der Waals surface area contributed by atoms with Crippen molar-refractivity contribution in [2.24, 2.45) is 7.05 Å². The van der Waals surface area contributed by atoms with E-state index in [0.717, 1.165) is 11.4 Å². The van der Waals surface area contributed by atoms with E-state index < -0.39 is 6.10 Å². The maximum Gasteiger partial charge on any atom is 0.126 e. The number of halogens is 1. The van der Waals surface area contributed by atoms with Gasteiger partial charge >= 0.3 is 0 Å². The fraction of sp³-hybridized carbons (Fsp3) is 0.357. The molecule has 0 aliphatic carbocycles. The Labute approximate surface area is 117 Å². The molecule has 1 aromatic heterocycles. The summed E-state index contributed by atoms with van der Waals surface area (Å²) in [5, 5.41) is 10.8. The molecule has 0 saturated carbocycles. The van der Waals surface area contributed by atoms with Crippen LogP contribution in [0.2, 0.25) is 5.02 Å². The van der Waals surface area contributed by atoms with Gasteiger partial charge in [-0.05, 0) is 18.6 Å². The Bertz CT molecular complexity index is 554. The average Bonchev–Trinajstić information content (AvgIpc) is 2.81. The second kappa shape index (κ2) is 6.08. The summed E-state index contributed by atoms with van der Waals surface area (Å²) in [6.45, 7) is 0. The molecular weight excluding hydrogens is 264 g/mol. The van der Waals surface area contributed by atoms with Crippen molar-refractivity contribution in [3.8, 4) is 5.75 Å². The second-order valence-electron chi connectivity index (χ2n) is 4.40. The van der Waals surface area contributed by atoms with Crippen molar-refractivity contribution in [2.45, 2.75) is 18.9 Å². The highest BCUT2D eigenvalue weighted by molar-refractivity contribution is 6.30. The lowest BCUT2D eigenvalue weighted by molar-refractivity contribution is 0.162. The van der Waals surface area contributed by atoms with Gasteiger partial charge in [-0.25, -0.2) is 4.98 Å². The highest BCUT2D eigenvalue weighted by atomic mass is 35.5. The fourth-order valence-electron chi connectivity index (χ4n) is 2.02. The van der Waals surface area contributed by atoms with Crippen LogP contribution < -0.4 is 4.74 Å². The number of imidazole rings is 1. The number of hydrogen-bond acceptors (Lipinski definition) is 3. The standard InChI is InChI=1S/C14H17ClN2O2/c1-17-8-7-16-14(17)6-5-12(18)11-4-3-10(15)9-13(11)19-2/h3-4,7-9,12,18H,5-6H2,1-2H3. The monoisotopic (exact) mass is 280 g/mol. The number of aryl methyl sites for hydroxylation is 2. The molecule has 0 aliphatic heterocycles. The van der Waals surface area contributed by atoms with E-state index in [1.807, 2.05) is 17.8 Å². The van der Waals surface area contributed by atoms with Crippen LogP contribution >= 0.6 is 11.6 Å². The molecule has 0 radical (unpaired) electrons. The van der Waals surface area contributed by atoms with E-state index >= 15 is 0 Å². The van der Waals surface area contributed by atoms with E-state index in [1.54, 1.807) is 31.5 Å². The van der Waals surface area contributed by atoms with Crippen LogP contribution in [-0.4, -0.2) is 21.8 Å². The zero-order valence-corrected chi connectivity index (χ0v) is 11.8. The Balaban J connectivity index is 2.07. The minimum Gasteiger partial charge on any atom is -0.496 e. The van der Waals surface area contributed by atoms with Crippen LogP contribution in [0.5, 0.6) is 5.75 Å². The molecule has 0 aliphatic rings. The van der Waals surface area contributed by atoms with Gasteiger partial charge in [0.15, 0.2) is 0 Å². The van der Waals surface area contributed by atoms with Crippen LogP contribution in [0.3, 0.4) is 0 Å². The van der Waals surface area contributed by atoms with Crippen LogP contribution in [-0.2, 0) is 13.5 Å². The Morgan fingerprint density at radius 2 is 2.26 bits per heavy atom. The molecule has 0 amide bonds. The second-order valence-corrected chi connectivity index (χ2v) is 4.83. The van der Waals surface area contributed by atoms with Crippen LogP contribution in [0.4, 0.5) is 0 Å². The highest BCUT2D eigenvalue weighted by Crippen LogP contribution is 2.30.